The second-order valence-electron chi connectivity index (χ2n) is 8.97. The highest BCUT2D eigenvalue weighted by Gasteiger charge is 2.24. The summed E-state index contributed by atoms with van der Waals surface area (Å²) >= 11 is 1.96. The summed E-state index contributed by atoms with van der Waals surface area (Å²) in [6.07, 6.45) is 4.14. The number of halogens is 1. The normalized spacial score (nSPS) is 15.2. The van der Waals surface area contributed by atoms with Crippen molar-refractivity contribution in [3.05, 3.63) is 88.5 Å². The van der Waals surface area contributed by atoms with Gasteiger partial charge < -0.3 is 18.4 Å². The van der Waals surface area contributed by atoms with E-state index in [1.54, 1.807) is 0 Å². The van der Waals surface area contributed by atoms with Crippen molar-refractivity contribution in [2.24, 2.45) is 0 Å². The molecule has 0 saturated carbocycles. The molecule has 0 heterocycles. The van der Waals surface area contributed by atoms with Gasteiger partial charge in [-0.2, -0.15) is 0 Å². The average Bonchev–Trinajstić information content (AvgIpc) is 2.84. The molecule has 5 heteroatoms. The van der Waals surface area contributed by atoms with Crippen LogP contribution in [0.5, 0.6) is 11.5 Å². The largest absolute Gasteiger partial charge is 0.508 e. The Labute approximate surface area is 211 Å². The molecule has 4 nitrogen and oxygen atoms in total. The van der Waals surface area contributed by atoms with Crippen molar-refractivity contribution < 1.29 is 8.17 Å². The van der Waals surface area contributed by atoms with Crippen LogP contribution in [0.25, 0.3) is 0 Å². The minimum absolute atomic E-state index is 0.365. The molecule has 3 aromatic rings. The Morgan fingerprint density at radius 1 is 1.03 bits per heavy atom. The molecule has 174 valence electrons. The first-order chi connectivity index (χ1) is 16.1. The number of nitrogens with zero attached hydrogens (tertiary/aromatic N) is 1. The maximum absolute atomic E-state index is 9.83. The van der Waals surface area contributed by atoms with E-state index in [-0.39, 0.29) is 0 Å². The van der Waals surface area contributed by atoms with Crippen LogP contribution in [0.3, 0.4) is 0 Å². The number of aromatic hydroxyl groups is 1. The number of aryl methyl sites for hydroxylation is 1. The molecule has 0 amide bonds. The van der Waals surface area contributed by atoms with Crippen LogP contribution in [-0.4, -0.2) is 25.2 Å². The molecular formula is C28H33IN2O2. The van der Waals surface area contributed by atoms with Crippen LogP contribution in [0.2, 0.25) is 0 Å². The van der Waals surface area contributed by atoms with Crippen LogP contribution in [-0.2, 0) is 25.8 Å². The third kappa shape index (κ3) is 6.01. The van der Waals surface area contributed by atoms with E-state index in [0.717, 1.165) is 51.1 Å². The number of rotatable bonds is 9. The van der Waals surface area contributed by atoms with Crippen molar-refractivity contribution in [3.8, 4) is 11.5 Å². The smallest absolute Gasteiger partial charge is 0.192 e. The van der Waals surface area contributed by atoms with E-state index >= 15 is 0 Å². The standard InChI is InChI=1S/C28H33IN2O2/c1-3-30-15-14-20-4-6-21(7-5-20)19-31(2)28-18-26(33-29)12-13-27(28)24-9-8-23-17-25(32)11-10-22(23)16-24/h4-7,10-13,17-18,24,30,32H,3,8-9,14-16,19H2,1-2H3/t24-/m1/s1. The number of anilines is 1. The van der Waals surface area contributed by atoms with Gasteiger partial charge in [-0.3, -0.25) is 0 Å². The fraction of sp³-hybridized carbons (Fsp3) is 0.357. The van der Waals surface area contributed by atoms with Crippen molar-refractivity contribution in [3.63, 3.8) is 0 Å². The maximum Gasteiger partial charge on any atom is 0.192 e. The first kappa shape index (κ1) is 23.9. The molecule has 0 bridgehead atoms. The van der Waals surface area contributed by atoms with Crippen molar-refractivity contribution in [2.75, 3.05) is 25.0 Å². The molecule has 0 saturated heterocycles. The number of fused-ring (bicyclic) bond motifs is 1. The van der Waals surface area contributed by atoms with Gasteiger partial charge in [0.15, 0.2) is 23.0 Å². The topological polar surface area (TPSA) is 44.7 Å². The van der Waals surface area contributed by atoms with Gasteiger partial charge in [0.05, 0.1) is 0 Å². The highest BCUT2D eigenvalue weighted by Crippen LogP contribution is 2.40. The third-order valence-electron chi connectivity index (χ3n) is 6.64. The Kier molecular flexibility index (Phi) is 8.15. The summed E-state index contributed by atoms with van der Waals surface area (Å²) in [7, 11) is 2.17. The molecule has 3 aromatic carbocycles. The highest BCUT2D eigenvalue weighted by molar-refractivity contribution is 14.1. The van der Waals surface area contributed by atoms with E-state index in [4.69, 9.17) is 3.07 Å². The zero-order valence-electron chi connectivity index (χ0n) is 19.5. The predicted octanol–water partition coefficient (Wildman–Crippen LogP) is 6.18. The Hall–Kier alpha value is -2.25. The summed E-state index contributed by atoms with van der Waals surface area (Å²) in [5, 5.41) is 13.2. The number of nitrogens with one attached hydrogen (secondary N) is 1. The van der Waals surface area contributed by atoms with Gasteiger partial charge in [-0.05, 0) is 90.7 Å². The molecule has 1 atom stereocenters. The van der Waals surface area contributed by atoms with Crippen molar-refractivity contribution in [2.45, 2.75) is 45.1 Å². The molecule has 1 aliphatic carbocycles. The molecule has 0 aliphatic heterocycles. The molecule has 0 unspecified atom stereocenters. The minimum Gasteiger partial charge on any atom is -0.508 e. The first-order valence-electron chi connectivity index (χ1n) is 11.8. The van der Waals surface area contributed by atoms with Gasteiger partial charge in [-0.15, -0.1) is 0 Å². The van der Waals surface area contributed by atoms with Crippen LogP contribution >= 0.6 is 23.0 Å². The van der Waals surface area contributed by atoms with Crippen LogP contribution in [0.4, 0.5) is 5.69 Å². The third-order valence-corrected chi connectivity index (χ3v) is 7.15. The van der Waals surface area contributed by atoms with Gasteiger partial charge in [0, 0.05) is 25.3 Å². The molecule has 1 aliphatic rings. The lowest BCUT2D eigenvalue weighted by Crippen LogP contribution is -2.21. The second kappa shape index (κ2) is 11.3. The Balaban J connectivity index is 1.52. The van der Waals surface area contributed by atoms with Crippen LogP contribution < -0.4 is 13.3 Å². The molecule has 0 aromatic heterocycles. The van der Waals surface area contributed by atoms with Gasteiger partial charge in [0.25, 0.3) is 0 Å². The lowest BCUT2D eigenvalue weighted by atomic mass is 9.79. The van der Waals surface area contributed by atoms with E-state index in [1.165, 1.54) is 33.5 Å². The molecule has 33 heavy (non-hydrogen) atoms. The number of phenols is 1. The highest BCUT2D eigenvalue weighted by atomic mass is 127. The lowest BCUT2D eigenvalue weighted by Gasteiger charge is -2.30. The van der Waals surface area contributed by atoms with E-state index in [1.807, 2.05) is 35.1 Å². The summed E-state index contributed by atoms with van der Waals surface area (Å²) in [6, 6.07) is 21.3. The zero-order valence-corrected chi connectivity index (χ0v) is 21.6. The number of hydrogen-bond donors (Lipinski definition) is 2. The van der Waals surface area contributed by atoms with Crippen LogP contribution in [0.1, 0.15) is 47.1 Å². The van der Waals surface area contributed by atoms with Gasteiger partial charge >= 0.3 is 0 Å². The maximum atomic E-state index is 9.83. The van der Waals surface area contributed by atoms with Crippen LogP contribution in [0.15, 0.2) is 60.7 Å². The Morgan fingerprint density at radius 3 is 2.58 bits per heavy atom. The average molecular weight is 556 g/mol. The van der Waals surface area contributed by atoms with Gasteiger partial charge in [-0.1, -0.05) is 43.3 Å². The monoisotopic (exact) mass is 556 g/mol. The predicted molar refractivity (Wildman–Crippen MR) is 145 cm³/mol. The van der Waals surface area contributed by atoms with Gasteiger partial charge in [-0.25, -0.2) is 0 Å². The molecule has 4 rings (SSSR count). The van der Waals surface area contributed by atoms with E-state index in [9.17, 15) is 5.11 Å². The molecule has 0 radical (unpaired) electrons. The quantitative estimate of drug-likeness (QED) is 0.244. The zero-order chi connectivity index (χ0) is 23.2. The number of phenolic OH excluding ortho intramolecular Hbond substituents is 1. The van der Waals surface area contributed by atoms with E-state index in [2.05, 4.69) is 72.7 Å². The summed E-state index contributed by atoms with van der Waals surface area (Å²) in [5.74, 6) is 1.70. The fourth-order valence-corrected chi connectivity index (χ4v) is 5.11. The minimum atomic E-state index is 0.365. The van der Waals surface area contributed by atoms with Gasteiger partial charge in [0.1, 0.15) is 11.5 Å². The van der Waals surface area contributed by atoms with Crippen LogP contribution in [0, 0.1) is 0 Å². The number of benzene rings is 3. The van der Waals surface area contributed by atoms with Crippen molar-refractivity contribution in [1.29, 1.82) is 0 Å². The lowest BCUT2D eigenvalue weighted by molar-refractivity contribution is 0.472. The molecule has 0 spiro atoms. The SMILES string of the molecule is CCNCCc1ccc(CN(C)c2cc(OI)ccc2[C@@H]2CCc3cc(O)ccc3C2)cc1. The summed E-state index contributed by atoms with van der Waals surface area (Å²) in [4.78, 5) is 2.34. The number of hydrogen-bond acceptors (Lipinski definition) is 4. The molecule has 2 N–H and O–H groups in total. The van der Waals surface area contributed by atoms with Gasteiger partial charge in [0.2, 0.25) is 0 Å². The molecular weight excluding hydrogens is 523 g/mol. The molecule has 0 fully saturated rings. The summed E-state index contributed by atoms with van der Waals surface area (Å²) in [5.41, 5.74) is 7.90. The first-order valence-corrected chi connectivity index (χ1v) is 12.7. The Bertz CT molecular complexity index is 1070. The second-order valence-corrected chi connectivity index (χ2v) is 9.41. The number of likely N-dealkylation sites (N-methyl/N-ethyl adjacent to an activating group) is 1. The summed E-state index contributed by atoms with van der Waals surface area (Å²) in [6.45, 7) is 5.02. The van der Waals surface area contributed by atoms with E-state index < -0.39 is 0 Å². The van der Waals surface area contributed by atoms with E-state index in [0.29, 0.717) is 11.7 Å². The van der Waals surface area contributed by atoms with Crippen molar-refractivity contribution in [1.82, 2.24) is 5.32 Å². The Morgan fingerprint density at radius 2 is 1.82 bits per heavy atom. The van der Waals surface area contributed by atoms with Crippen molar-refractivity contribution >= 4 is 28.7 Å². The fourth-order valence-electron chi connectivity index (χ4n) is 4.83. The summed E-state index contributed by atoms with van der Waals surface area (Å²) < 4.78 is 5.54.